The first-order valence-electron chi connectivity index (χ1n) is 10.3. The maximum Gasteiger partial charge on any atom is 0.290 e. The molecule has 33 heavy (non-hydrogen) atoms. The molecule has 2 heterocycles. The Kier molecular flexibility index (Phi) is 6.50. The highest BCUT2D eigenvalue weighted by molar-refractivity contribution is 6.33. The molecule has 10 heteroatoms. The van der Waals surface area contributed by atoms with Crippen molar-refractivity contribution < 1.29 is 14.0 Å². The summed E-state index contributed by atoms with van der Waals surface area (Å²) in [6.07, 6.45) is 1.81. The second-order valence-electron chi connectivity index (χ2n) is 7.12. The predicted octanol–water partition coefficient (Wildman–Crippen LogP) is 3.12. The van der Waals surface area contributed by atoms with Crippen molar-refractivity contribution in [3.05, 3.63) is 81.7 Å². The quantitative estimate of drug-likeness (QED) is 0.422. The molecule has 4 aromatic rings. The Balaban J connectivity index is 1.38. The van der Waals surface area contributed by atoms with Crippen LogP contribution in [0.15, 0.2) is 63.9 Å². The first kappa shape index (κ1) is 22.2. The minimum atomic E-state index is -0.626. The molecule has 0 aliphatic heterocycles. The number of hydrogen-bond donors (Lipinski definition) is 2. The number of nitrogens with one attached hydrogen (secondary N) is 2. The van der Waals surface area contributed by atoms with Crippen molar-refractivity contribution >= 4 is 34.2 Å². The Morgan fingerprint density at radius 3 is 2.55 bits per heavy atom. The first-order chi connectivity index (χ1) is 16.0. The number of aryl methyl sites for hydroxylation is 2. The van der Waals surface area contributed by atoms with Gasteiger partial charge in [0.1, 0.15) is 0 Å². The zero-order valence-electron chi connectivity index (χ0n) is 17.7. The van der Waals surface area contributed by atoms with E-state index in [1.54, 1.807) is 43.5 Å². The van der Waals surface area contributed by atoms with E-state index < -0.39 is 11.8 Å². The van der Waals surface area contributed by atoms with Crippen molar-refractivity contribution in [2.24, 2.45) is 0 Å². The third-order valence-electron chi connectivity index (χ3n) is 4.96. The number of oxazole rings is 1. The summed E-state index contributed by atoms with van der Waals surface area (Å²) in [5.74, 6) is -0.185. The van der Waals surface area contributed by atoms with Gasteiger partial charge in [-0.05, 0) is 25.1 Å². The fourth-order valence-corrected chi connectivity index (χ4v) is 3.53. The number of carbonyl (C=O) groups is 2. The van der Waals surface area contributed by atoms with Gasteiger partial charge in [-0.3, -0.25) is 25.2 Å². The van der Waals surface area contributed by atoms with Crippen LogP contribution in [0.2, 0.25) is 5.02 Å². The largest absolute Gasteiger partial charge is 0.441 e. The lowest BCUT2D eigenvalue weighted by atomic mass is 10.1. The van der Waals surface area contributed by atoms with Gasteiger partial charge >= 0.3 is 0 Å². The molecule has 0 radical (unpaired) electrons. The van der Waals surface area contributed by atoms with Gasteiger partial charge in [0.05, 0.1) is 16.6 Å². The number of rotatable bonds is 6. The van der Waals surface area contributed by atoms with Gasteiger partial charge in [0.15, 0.2) is 17.3 Å². The molecule has 0 saturated heterocycles. The normalized spacial score (nSPS) is 10.8. The summed E-state index contributed by atoms with van der Waals surface area (Å²) < 4.78 is 6.88. The lowest BCUT2D eigenvalue weighted by Crippen LogP contribution is -2.42. The molecule has 0 bridgehead atoms. The first-order valence-corrected chi connectivity index (χ1v) is 10.6. The number of halogens is 1. The number of nitrogens with zero attached hydrogens (tertiary/aromatic N) is 3. The van der Waals surface area contributed by atoms with Crippen LogP contribution in [0.25, 0.3) is 22.1 Å². The number of amides is 2. The zero-order chi connectivity index (χ0) is 23.4. The molecule has 9 nitrogen and oxygen atoms in total. The average Bonchev–Trinajstić information content (AvgIpc) is 3.31. The van der Waals surface area contributed by atoms with E-state index in [1.165, 1.54) is 4.68 Å². The van der Waals surface area contributed by atoms with Crippen molar-refractivity contribution in [2.45, 2.75) is 26.3 Å². The summed E-state index contributed by atoms with van der Waals surface area (Å²) in [6, 6.07) is 13.9. The molecule has 0 aliphatic carbocycles. The Morgan fingerprint density at radius 2 is 1.79 bits per heavy atom. The van der Waals surface area contributed by atoms with Gasteiger partial charge in [-0.1, -0.05) is 41.9 Å². The predicted molar refractivity (Wildman–Crippen MR) is 123 cm³/mol. The fourth-order valence-electron chi connectivity index (χ4n) is 3.30. The van der Waals surface area contributed by atoms with E-state index >= 15 is 0 Å². The van der Waals surface area contributed by atoms with Crippen LogP contribution in [0, 0.1) is 0 Å². The summed E-state index contributed by atoms with van der Waals surface area (Å²) in [4.78, 5) is 41.5. The lowest BCUT2D eigenvalue weighted by molar-refractivity contribution is -0.121. The molecule has 168 valence electrons. The van der Waals surface area contributed by atoms with E-state index in [4.69, 9.17) is 16.0 Å². The van der Waals surface area contributed by atoms with E-state index in [2.05, 4.69) is 20.9 Å². The van der Waals surface area contributed by atoms with Crippen LogP contribution in [0.5, 0.6) is 0 Å². The van der Waals surface area contributed by atoms with Crippen LogP contribution in [0.3, 0.4) is 0 Å². The van der Waals surface area contributed by atoms with Gasteiger partial charge in [-0.25, -0.2) is 9.67 Å². The molecule has 0 saturated carbocycles. The molecule has 0 atom stereocenters. The van der Waals surface area contributed by atoms with E-state index in [0.717, 1.165) is 0 Å². The van der Waals surface area contributed by atoms with Gasteiger partial charge in [-0.2, -0.15) is 5.10 Å². The number of aromatic nitrogens is 3. The van der Waals surface area contributed by atoms with E-state index in [0.29, 0.717) is 39.6 Å². The third kappa shape index (κ3) is 4.78. The van der Waals surface area contributed by atoms with Crippen LogP contribution in [0.4, 0.5) is 0 Å². The SMILES string of the molecule is CCn1nc(C(=O)NNC(=O)CCc2ncc(-c3ccccc3Cl)o2)c2ccccc2c1=O. The number of fused-ring (bicyclic) bond motifs is 1. The molecule has 0 aliphatic rings. The van der Waals surface area contributed by atoms with Crippen LogP contribution in [-0.4, -0.2) is 26.6 Å². The van der Waals surface area contributed by atoms with E-state index in [-0.39, 0.29) is 24.1 Å². The summed E-state index contributed by atoms with van der Waals surface area (Å²) in [5, 5.41) is 5.46. The Labute approximate surface area is 193 Å². The smallest absolute Gasteiger partial charge is 0.290 e. The minimum absolute atomic E-state index is 0.0331. The molecule has 2 aromatic heterocycles. The van der Waals surface area contributed by atoms with Crippen LogP contribution < -0.4 is 16.4 Å². The molecule has 2 aromatic carbocycles. The van der Waals surface area contributed by atoms with Gasteiger partial charge in [0.25, 0.3) is 11.5 Å². The van der Waals surface area contributed by atoms with Gasteiger partial charge in [0.2, 0.25) is 5.91 Å². The maximum atomic E-state index is 12.7. The molecule has 0 spiro atoms. The second kappa shape index (κ2) is 9.66. The van der Waals surface area contributed by atoms with Gasteiger partial charge in [0, 0.05) is 30.3 Å². The molecule has 0 fully saturated rings. The number of hydrogen-bond acceptors (Lipinski definition) is 6. The van der Waals surface area contributed by atoms with Crippen molar-refractivity contribution in [1.29, 1.82) is 0 Å². The van der Waals surface area contributed by atoms with Crippen LogP contribution >= 0.6 is 11.6 Å². The Bertz CT molecular complexity index is 1400. The average molecular weight is 466 g/mol. The standard InChI is InChI=1S/C23H20ClN5O4/c1-2-29-23(32)15-8-4-3-7-14(15)21(28-29)22(31)27-26-19(30)11-12-20-25-13-18(33-20)16-9-5-6-10-17(16)24/h3-10,13H,2,11-12H2,1H3,(H,26,30)(H,27,31). The van der Waals surface area contributed by atoms with Crippen molar-refractivity contribution in [3.63, 3.8) is 0 Å². The fraction of sp³-hybridized carbons (Fsp3) is 0.174. The minimum Gasteiger partial charge on any atom is -0.441 e. The van der Waals surface area contributed by atoms with Crippen molar-refractivity contribution in [2.75, 3.05) is 0 Å². The number of benzene rings is 2. The topological polar surface area (TPSA) is 119 Å². The van der Waals surface area contributed by atoms with Crippen LogP contribution in [0.1, 0.15) is 29.7 Å². The van der Waals surface area contributed by atoms with Crippen molar-refractivity contribution in [3.8, 4) is 11.3 Å². The summed E-state index contributed by atoms with van der Waals surface area (Å²) >= 11 is 6.16. The summed E-state index contributed by atoms with van der Waals surface area (Å²) in [5.41, 5.74) is 5.19. The highest BCUT2D eigenvalue weighted by Gasteiger charge is 2.17. The molecule has 4 rings (SSSR count). The second-order valence-corrected chi connectivity index (χ2v) is 7.52. The zero-order valence-corrected chi connectivity index (χ0v) is 18.4. The Morgan fingerprint density at radius 1 is 1.06 bits per heavy atom. The van der Waals surface area contributed by atoms with Gasteiger partial charge in [-0.15, -0.1) is 0 Å². The Hall–Kier alpha value is -3.98. The highest BCUT2D eigenvalue weighted by atomic mass is 35.5. The number of hydrazine groups is 1. The lowest BCUT2D eigenvalue weighted by Gasteiger charge is -2.10. The highest BCUT2D eigenvalue weighted by Crippen LogP contribution is 2.28. The molecule has 0 unspecified atom stereocenters. The van der Waals surface area contributed by atoms with Crippen molar-refractivity contribution in [1.82, 2.24) is 25.6 Å². The third-order valence-corrected chi connectivity index (χ3v) is 5.29. The monoisotopic (exact) mass is 465 g/mol. The van der Waals surface area contributed by atoms with E-state index in [9.17, 15) is 14.4 Å². The van der Waals surface area contributed by atoms with Crippen LogP contribution in [-0.2, 0) is 17.8 Å². The van der Waals surface area contributed by atoms with Gasteiger partial charge < -0.3 is 4.42 Å². The van der Waals surface area contributed by atoms with E-state index in [1.807, 2.05) is 18.2 Å². The maximum absolute atomic E-state index is 12.7. The number of carbonyl (C=O) groups excluding carboxylic acids is 2. The molecule has 2 amide bonds. The molecular weight excluding hydrogens is 446 g/mol. The molecular formula is C23H20ClN5O4. The summed E-state index contributed by atoms with van der Waals surface area (Å²) in [6.45, 7) is 2.06. The molecule has 2 N–H and O–H groups in total. The summed E-state index contributed by atoms with van der Waals surface area (Å²) in [7, 11) is 0.